The molecule has 0 aliphatic carbocycles. The predicted octanol–water partition coefficient (Wildman–Crippen LogP) is 3.02. The molecule has 6 heteroatoms. The molecule has 0 aliphatic rings. The monoisotopic (exact) mass is 335 g/mol. The third-order valence-corrected chi connectivity index (χ3v) is 3.56. The summed E-state index contributed by atoms with van der Waals surface area (Å²) in [7, 11) is 0. The molecule has 0 spiro atoms. The summed E-state index contributed by atoms with van der Waals surface area (Å²) in [5.41, 5.74) is 8.17. The maximum absolute atomic E-state index is 10.7. The number of rotatable bonds is 8. The van der Waals surface area contributed by atoms with Crippen molar-refractivity contribution in [1.82, 2.24) is 4.90 Å². The molecular weight excluding hydrogens is 314 g/mol. The number of nitrogens with zero attached hydrogens (tertiary/aromatic N) is 2. The lowest BCUT2D eigenvalue weighted by molar-refractivity contribution is -0.384. The van der Waals surface area contributed by atoms with Gasteiger partial charge in [0.25, 0.3) is 5.69 Å². The first kappa shape index (κ1) is 19.1. The molecule has 0 heterocycles. The SMILES string of the molecule is Cl.NCCN(CCc1ccccc1)Cc1ccc([N+](=O)[O-])cc1. The van der Waals surface area contributed by atoms with Gasteiger partial charge in [-0.05, 0) is 17.5 Å². The molecule has 0 unspecified atom stereocenters. The van der Waals surface area contributed by atoms with Crippen LogP contribution >= 0.6 is 12.4 Å². The molecule has 0 fully saturated rings. The Balaban J connectivity index is 0.00000264. The molecule has 5 nitrogen and oxygen atoms in total. The van der Waals surface area contributed by atoms with Gasteiger partial charge >= 0.3 is 0 Å². The molecule has 2 aromatic rings. The van der Waals surface area contributed by atoms with E-state index in [-0.39, 0.29) is 23.0 Å². The first-order chi connectivity index (χ1) is 10.7. The summed E-state index contributed by atoms with van der Waals surface area (Å²) in [6.07, 6.45) is 0.966. The van der Waals surface area contributed by atoms with Crippen molar-refractivity contribution in [1.29, 1.82) is 0 Å². The molecular formula is C17H22ClN3O2. The zero-order chi connectivity index (χ0) is 15.8. The number of non-ortho nitro benzene ring substituents is 1. The standard InChI is InChI=1S/C17H21N3O2.ClH/c18-11-13-19(12-10-15-4-2-1-3-5-15)14-16-6-8-17(9-7-16)20(21)22;/h1-9H,10-14,18H2;1H. The largest absolute Gasteiger partial charge is 0.329 e. The molecule has 124 valence electrons. The van der Waals surface area contributed by atoms with Crippen molar-refractivity contribution in [3.8, 4) is 0 Å². The van der Waals surface area contributed by atoms with Gasteiger partial charge in [-0.1, -0.05) is 42.5 Å². The van der Waals surface area contributed by atoms with Crippen molar-refractivity contribution < 1.29 is 4.92 Å². The lowest BCUT2D eigenvalue weighted by Gasteiger charge is -2.21. The fourth-order valence-electron chi connectivity index (χ4n) is 2.37. The van der Waals surface area contributed by atoms with Crippen molar-refractivity contribution in [2.45, 2.75) is 13.0 Å². The van der Waals surface area contributed by atoms with E-state index in [2.05, 4.69) is 17.0 Å². The Morgan fingerprint density at radius 2 is 1.61 bits per heavy atom. The molecule has 2 aromatic carbocycles. The van der Waals surface area contributed by atoms with Gasteiger partial charge in [-0.3, -0.25) is 15.0 Å². The number of nitro groups is 1. The van der Waals surface area contributed by atoms with Crippen molar-refractivity contribution in [3.63, 3.8) is 0 Å². The van der Waals surface area contributed by atoms with E-state index in [0.717, 1.165) is 31.6 Å². The number of halogens is 1. The predicted molar refractivity (Wildman–Crippen MR) is 94.8 cm³/mol. The van der Waals surface area contributed by atoms with Crippen LogP contribution in [0.3, 0.4) is 0 Å². The van der Waals surface area contributed by atoms with Gasteiger partial charge in [-0.2, -0.15) is 0 Å². The third kappa shape index (κ3) is 6.36. The van der Waals surface area contributed by atoms with Gasteiger partial charge in [0, 0.05) is 38.3 Å². The van der Waals surface area contributed by atoms with Crippen molar-refractivity contribution >= 4 is 18.1 Å². The van der Waals surface area contributed by atoms with Crippen LogP contribution in [0.5, 0.6) is 0 Å². The normalized spacial score (nSPS) is 10.3. The van der Waals surface area contributed by atoms with Crippen molar-refractivity contribution in [2.75, 3.05) is 19.6 Å². The highest BCUT2D eigenvalue weighted by Crippen LogP contribution is 2.13. The zero-order valence-electron chi connectivity index (χ0n) is 12.9. The van der Waals surface area contributed by atoms with E-state index in [1.807, 2.05) is 30.3 Å². The summed E-state index contributed by atoms with van der Waals surface area (Å²) >= 11 is 0. The van der Waals surface area contributed by atoms with Gasteiger partial charge in [0.05, 0.1) is 4.92 Å². The Hall–Kier alpha value is -1.95. The van der Waals surface area contributed by atoms with E-state index < -0.39 is 0 Å². The van der Waals surface area contributed by atoms with Crippen LogP contribution in [0.4, 0.5) is 5.69 Å². The van der Waals surface area contributed by atoms with E-state index in [9.17, 15) is 10.1 Å². The van der Waals surface area contributed by atoms with Crippen LogP contribution in [0.25, 0.3) is 0 Å². The summed E-state index contributed by atoms with van der Waals surface area (Å²) in [5, 5.41) is 10.7. The molecule has 0 radical (unpaired) electrons. The average Bonchev–Trinajstić information content (AvgIpc) is 2.54. The second-order valence-electron chi connectivity index (χ2n) is 5.22. The van der Waals surface area contributed by atoms with Gasteiger partial charge in [-0.25, -0.2) is 0 Å². The molecule has 0 amide bonds. The highest BCUT2D eigenvalue weighted by molar-refractivity contribution is 5.85. The maximum atomic E-state index is 10.7. The van der Waals surface area contributed by atoms with Gasteiger partial charge in [0.1, 0.15) is 0 Å². The minimum Gasteiger partial charge on any atom is -0.329 e. The second-order valence-corrected chi connectivity index (χ2v) is 5.22. The summed E-state index contributed by atoms with van der Waals surface area (Å²) in [6.45, 7) is 3.08. The summed E-state index contributed by atoms with van der Waals surface area (Å²) in [5.74, 6) is 0. The maximum Gasteiger partial charge on any atom is 0.269 e. The number of nitro benzene ring substituents is 1. The molecule has 2 N–H and O–H groups in total. The van der Waals surface area contributed by atoms with E-state index in [4.69, 9.17) is 5.73 Å². The molecule has 0 saturated carbocycles. The van der Waals surface area contributed by atoms with Crippen LogP contribution in [0.2, 0.25) is 0 Å². The second kappa shape index (κ2) is 9.94. The van der Waals surface area contributed by atoms with Gasteiger partial charge in [0.15, 0.2) is 0 Å². The fraction of sp³-hybridized carbons (Fsp3) is 0.294. The van der Waals surface area contributed by atoms with Gasteiger partial charge in [-0.15, -0.1) is 12.4 Å². The lowest BCUT2D eigenvalue weighted by atomic mass is 10.1. The van der Waals surface area contributed by atoms with Gasteiger partial charge < -0.3 is 5.73 Å². The van der Waals surface area contributed by atoms with Crippen LogP contribution in [-0.4, -0.2) is 29.5 Å². The minimum absolute atomic E-state index is 0. The number of nitrogens with two attached hydrogens (primary N) is 1. The Morgan fingerprint density at radius 1 is 0.957 bits per heavy atom. The molecule has 2 rings (SSSR count). The molecule has 0 atom stereocenters. The number of hydrogen-bond acceptors (Lipinski definition) is 4. The Kier molecular flexibility index (Phi) is 8.26. The van der Waals surface area contributed by atoms with Crippen molar-refractivity contribution in [3.05, 3.63) is 75.8 Å². The highest BCUT2D eigenvalue weighted by atomic mass is 35.5. The minimum atomic E-state index is -0.378. The highest BCUT2D eigenvalue weighted by Gasteiger charge is 2.08. The average molecular weight is 336 g/mol. The van der Waals surface area contributed by atoms with Crippen LogP contribution < -0.4 is 5.73 Å². The zero-order valence-corrected chi connectivity index (χ0v) is 13.7. The first-order valence-electron chi connectivity index (χ1n) is 7.38. The Labute approximate surface area is 142 Å². The van der Waals surface area contributed by atoms with Crippen molar-refractivity contribution in [2.24, 2.45) is 5.73 Å². The fourth-order valence-corrected chi connectivity index (χ4v) is 2.37. The molecule has 0 bridgehead atoms. The van der Waals surface area contributed by atoms with E-state index in [0.29, 0.717) is 6.54 Å². The van der Waals surface area contributed by atoms with E-state index in [1.165, 1.54) is 5.56 Å². The molecule has 0 aromatic heterocycles. The smallest absolute Gasteiger partial charge is 0.269 e. The van der Waals surface area contributed by atoms with Crippen LogP contribution in [0.15, 0.2) is 54.6 Å². The number of hydrogen-bond donors (Lipinski definition) is 1. The quantitative estimate of drug-likeness (QED) is 0.594. The Morgan fingerprint density at radius 3 is 2.17 bits per heavy atom. The lowest BCUT2D eigenvalue weighted by Crippen LogP contribution is -2.31. The molecule has 0 saturated heterocycles. The first-order valence-corrected chi connectivity index (χ1v) is 7.38. The molecule has 0 aliphatic heterocycles. The van der Waals surface area contributed by atoms with Gasteiger partial charge in [0.2, 0.25) is 0 Å². The summed E-state index contributed by atoms with van der Waals surface area (Å²) < 4.78 is 0. The topological polar surface area (TPSA) is 72.4 Å². The summed E-state index contributed by atoms with van der Waals surface area (Å²) in [4.78, 5) is 12.6. The summed E-state index contributed by atoms with van der Waals surface area (Å²) in [6, 6.07) is 17.0. The van der Waals surface area contributed by atoms with E-state index >= 15 is 0 Å². The molecule has 23 heavy (non-hydrogen) atoms. The van der Waals surface area contributed by atoms with Crippen LogP contribution in [0.1, 0.15) is 11.1 Å². The van der Waals surface area contributed by atoms with Crippen LogP contribution in [0, 0.1) is 10.1 Å². The third-order valence-electron chi connectivity index (χ3n) is 3.56. The van der Waals surface area contributed by atoms with E-state index in [1.54, 1.807) is 12.1 Å². The Bertz CT molecular complexity index is 591. The van der Waals surface area contributed by atoms with Crippen LogP contribution in [-0.2, 0) is 13.0 Å². The number of benzene rings is 2.